The molecular weight excluding hydrogens is 240 g/mol. The average molecular weight is 260 g/mol. The molecule has 0 aliphatic rings. The average Bonchev–Trinajstić information content (AvgIpc) is 2.49. The standard InChI is InChI=1S/C16H20O3/c1-5-16(18-3,19-4)14-8-6-13-11-15(17-2)9-7-12(13)10-14/h6-11H,5H2,1-4H3. The number of rotatable bonds is 5. The van der Waals surface area contributed by atoms with Gasteiger partial charge in [-0.3, -0.25) is 0 Å². The molecule has 102 valence electrons. The summed E-state index contributed by atoms with van der Waals surface area (Å²) in [7, 11) is 5.02. The van der Waals surface area contributed by atoms with Gasteiger partial charge in [-0.1, -0.05) is 25.1 Å². The molecule has 0 fully saturated rings. The van der Waals surface area contributed by atoms with Crippen molar-refractivity contribution in [3.8, 4) is 5.75 Å². The van der Waals surface area contributed by atoms with Crippen LogP contribution in [0.3, 0.4) is 0 Å². The molecule has 3 nitrogen and oxygen atoms in total. The van der Waals surface area contributed by atoms with E-state index in [1.807, 2.05) is 31.2 Å². The van der Waals surface area contributed by atoms with Gasteiger partial charge >= 0.3 is 0 Å². The first-order valence-corrected chi connectivity index (χ1v) is 6.37. The third-order valence-electron chi connectivity index (χ3n) is 3.61. The van der Waals surface area contributed by atoms with E-state index in [1.54, 1.807) is 21.3 Å². The Hall–Kier alpha value is -1.58. The van der Waals surface area contributed by atoms with E-state index in [2.05, 4.69) is 12.1 Å². The second kappa shape index (κ2) is 5.59. The lowest BCUT2D eigenvalue weighted by Gasteiger charge is -2.30. The van der Waals surface area contributed by atoms with Crippen LogP contribution in [0.4, 0.5) is 0 Å². The lowest BCUT2D eigenvalue weighted by molar-refractivity contribution is -0.217. The Labute approximate surface area is 114 Å². The van der Waals surface area contributed by atoms with Crippen molar-refractivity contribution >= 4 is 10.8 Å². The molecule has 2 aromatic rings. The van der Waals surface area contributed by atoms with Crippen molar-refractivity contribution < 1.29 is 14.2 Å². The molecule has 0 aromatic heterocycles. The first-order chi connectivity index (χ1) is 9.19. The molecule has 0 atom stereocenters. The molecule has 0 amide bonds. The molecule has 3 heteroatoms. The van der Waals surface area contributed by atoms with E-state index in [4.69, 9.17) is 14.2 Å². The zero-order chi connectivity index (χ0) is 13.9. The van der Waals surface area contributed by atoms with Crippen molar-refractivity contribution in [2.45, 2.75) is 19.1 Å². The summed E-state index contributed by atoms with van der Waals surface area (Å²) in [6, 6.07) is 12.2. The predicted molar refractivity (Wildman–Crippen MR) is 76.5 cm³/mol. The Balaban J connectivity index is 2.52. The lowest BCUT2D eigenvalue weighted by atomic mass is 9.99. The fraction of sp³-hybridized carbons (Fsp3) is 0.375. The maximum absolute atomic E-state index is 5.57. The van der Waals surface area contributed by atoms with Gasteiger partial charge in [-0.05, 0) is 29.0 Å². The van der Waals surface area contributed by atoms with Gasteiger partial charge in [0.2, 0.25) is 0 Å². The number of ether oxygens (including phenoxy) is 3. The van der Waals surface area contributed by atoms with Crippen LogP contribution in [0.2, 0.25) is 0 Å². The van der Waals surface area contributed by atoms with Gasteiger partial charge in [0.1, 0.15) is 5.75 Å². The van der Waals surface area contributed by atoms with Gasteiger partial charge in [0, 0.05) is 26.2 Å². The molecule has 0 N–H and O–H groups in total. The highest BCUT2D eigenvalue weighted by Crippen LogP contribution is 2.32. The zero-order valence-electron chi connectivity index (χ0n) is 11.9. The first-order valence-electron chi connectivity index (χ1n) is 6.37. The van der Waals surface area contributed by atoms with Crippen molar-refractivity contribution in [1.29, 1.82) is 0 Å². The molecule has 0 bridgehead atoms. The monoisotopic (exact) mass is 260 g/mol. The van der Waals surface area contributed by atoms with Crippen molar-refractivity contribution in [2.24, 2.45) is 0 Å². The van der Waals surface area contributed by atoms with Crippen molar-refractivity contribution in [3.05, 3.63) is 42.0 Å². The van der Waals surface area contributed by atoms with Crippen molar-refractivity contribution in [2.75, 3.05) is 21.3 Å². The predicted octanol–water partition coefficient (Wildman–Crippen LogP) is 3.70. The summed E-state index contributed by atoms with van der Waals surface area (Å²) in [5, 5.41) is 2.28. The van der Waals surface area contributed by atoms with Crippen LogP contribution >= 0.6 is 0 Å². The van der Waals surface area contributed by atoms with Crippen LogP contribution in [0, 0.1) is 0 Å². The minimum Gasteiger partial charge on any atom is -0.497 e. The smallest absolute Gasteiger partial charge is 0.193 e. The summed E-state index contributed by atoms with van der Waals surface area (Å²) in [4.78, 5) is 0. The maximum atomic E-state index is 5.57. The second-order valence-corrected chi connectivity index (χ2v) is 4.44. The summed E-state index contributed by atoms with van der Waals surface area (Å²) in [6.07, 6.45) is 0.752. The normalized spacial score (nSPS) is 11.8. The highest BCUT2D eigenvalue weighted by Gasteiger charge is 2.29. The number of hydrogen-bond donors (Lipinski definition) is 0. The molecule has 0 saturated heterocycles. The highest BCUT2D eigenvalue weighted by atomic mass is 16.7. The Morgan fingerprint density at radius 3 is 2.11 bits per heavy atom. The third kappa shape index (κ3) is 2.44. The van der Waals surface area contributed by atoms with Crippen LogP contribution in [0.1, 0.15) is 18.9 Å². The Morgan fingerprint density at radius 1 is 0.895 bits per heavy atom. The van der Waals surface area contributed by atoms with Crippen LogP contribution in [-0.4, -0.2) is 21.3 Å². The number of benzene rings is 2. The summed E-state index contributed by atoms with van der Waals surface area (Å²) < 4.78 is 16.4. The van der Waals surface area contributed by atoms with Gasteiger partial charge in [0.25, 0.3) is 0 Å². The SMILES string of the molecule is CCC(OC)(OC)c1ccc2cc(OC)ccc2c1. The Bertz CT molecular complexity index is 551. The van der Waals surface area contributed by atoms with E-state index in [1.165, 1.54) is 0 Å². The molecule has 0 heterocycles. The van der Waals surface area contributed by atoms with E-state index in [-0.39, 0.29) is 0 Å². The molecule has 0 aliphatic heterocycles. The fourth-order valence-corrected chi connectivity index (χ4v) is 2.40. The largest absolute Gasteiger partial charge is 0.497 e. The van der Waals surface area contributed by atoms with Crippen LogP contribution in [-0.2, 0) is 15.3 Å². The van der Waals surface area contributed by atoms with E-state index >= 15 is 0 Å². The second-order valence-electron chi connectivity index (χ2n) is 4.44. The molecule has 0 spiro atoms. The third-order valence-corrected chi connectivity index (χ3v) is 3.61. The minimum atomic E-state index is -0.673. The van der Waals surface area contributed by atoms with Crippen LogP contribution in [0.15, 0.2) is 36.4 Å². The van der Waals surface area contributed by atoms with E-state index < -0.39 is 5.79 Å². The van der Waals surface area contributed by atoms with Gasteiger partial charge in [0.15, 0.2) is 5.79 Å². The Morgan fingerprint density at radius 2 is 1.53 bits per heavy atom. The molecular formula is C16H20O3. The van der Waals surface area contributed by atoms with Crippen LogP contribution in [0.25, 0.3) is 10.8 Å². The minimum absolute atomic E-state index is 0.673. The number of fused-ring (bicyclic) bond motifs is 1. The fourth-order valence-electron chi connectivity index (χ4n) is 2.40. The number of hydrogen-bond acceptors (Lipinski definition) is 3. The quantitative estimate of drug-likeness (QED) is 0.767. The van der Waals surface area contributed by atoms with Crippen LogP contribution < -0.4 is 4.74 Å². The van der Waals surface area contributed by atoms with Crippen molar-refractivity contribution in [3.63, 3.8) is 0 Å². The summed E-state index contributed by atoms with van der Waals surface area (Å²) >= 11 is 0. The lowest BCUT2D eigenvalue weighted by Crippen LogP contribution is -2.29. The molecule has 2 rings (SSSR count). The van der Waals surface area contributed by atoms with Crippen LogP contribution in [0.5, 0.6) is 5.75 Å². The van der Waals surface area contributed by atoms with E-state index in [9.17, 15) is 0 Å². The number of methoxy groups -OCH3 is 3. The first kappa shape index (κ1) is 13.8. The van der Waals surface area contributed by atoms with Crippen molar-refractivity contribution in [1.82, 2.24) is 0 Å². The van der Waals surface area contributed by atoms with Gasteiger partial charge in [-0.25, -0.2) is 0 Å². The molecule has 0 saturated carbocycles. The molecule has 0 radical (unpaired) electrons. The zero-order valence-corrected chi connectivity index (χ0v) is 11.9. The molecule has 19 heavy (non-hydrogen) atoms. The Kier molecular flexibility index (Phi) is 4.08. The summed E-state index contributed by atoms with van der Waals surface area (Å²) in [6.45, 7) is 2.05. The molecule has 0 unspecified atom stereocenters. The van der Waals surface area contributed by atoms with Gasteiger partial charge in [-0.15, -0.1) is 0 Å². The topological polar surface area (TPSA) is 27.7 Å². The van der Waals surface area contributed by atoms with E-state index in [0.717, 1.165) is 28.5 Å². The summed E-state index contributed by atoms with van der Waals surface area (Å²) in [5.41, 5.74) is 1.03. The van der Waals surface area contributed by atoms with Gasteiger partial charge < -0.3 is 14.2 Å². The highest BCUT2D eigenvalue weighted by molar-refractivity contribution is 5.84. The van der Waals surface area contributed by atoms with E-state index in [0.29, 0.717) is 0 Å². The van der Waals surface area contributed by atoms with Gasteiger partial charge in [0.05, 0.1) is 7.11 Å². The molecule has 2 aromatic carbocycles. The summed E-state index contributed by atoms with van der Waals surface area (Å²) in [5.74, 6) is 0.189. The van der Waals surface area contributed by atoms with Gasteiger partial charge in [-0.2, -0.15) is 0 Å². The maximum Gasteiger partial charge on any atom is 0.193 e. The molecule has 0 aliphatic carbocycles.